The fraction of sp³-hybridized carbons (Fsp3) is 0.625. The van der Waals surface area contributed by atoms with E-state index in [9.17, 15) is 5.11 Å². The van der Waals surface area contributed by atoms with Gasteiger partial charge < -0.3 is 9.84 Å². The van der Waals surface area contributed by atoms with E-state index in [4.69, 9.17) is 4.74 Å². The lowest BCUT2D eigenvalue weighted by molar-refractivity contribution is 0.0326. The van der Waals surface area contributed by atoms with Gasteiger partial charge in [-0.25, -0.2) is 0 Å². The number of nitrogens with zero attached hydrogens (tertiary/aromatic N) is 2. The largest absolute Gasteiger partial charge is 0.395 e. The molecule has 1 heterocycles. The number of morpholine rings is 1. The minimum atomic E-state index is 0.234. The number of hydrogen-bond acceptors (Lipinski definition) is 4. The Kier molecular flexibility index (Phi) is 7.01. The first-order valence-electron chi connectivity index (χ1n) is 7.56. The molecule has 1 N–H and O–H groups in total. The maximum atomic E-state index is 9.20. The molecule has 20 heavy (non-hydrogen) atoms. The van der Waals surface area contributed by atoms with Gasteiger partial charge in [0.05, 0.1) is 19.8 Å². The van der Waals surface area contributed by atoms with Crippen LogP contribution < -0.4 is 0 Å². The number of hydrogen-bond donors (Lipinski definition) is 1. The molecule has 0 radical (unpaired) electrons. The quantitative estimate of drug-likeness (QED) is 0.765. The van der Waals surface area contributed by atoms with E-state index >= 15 is 0 Å². The van der Waals surface area contributed by atoms with Crippen molar-refractivity contribution in [1.82, 2.24) is 9.80 Å². The Morgan fingerprint density at radius 1 is 1.05 bits per heavy atom. The van der Waals surface area contributed by atoms with Crippen molar-refractivity contribution in [3.8, 4) is 0 Å². The van der Waals surface area contributed by atoms with Gasteiger partial charge in [-0.3, -0.25) is 9.80 Å². The topological polar surface area (TPSA) is 35.9 Å². The van der Waals surface area contributed by atoms with E-state index < -0.39 is 0 Å². The summed E-state index contributed by atoms with van der Waals surface area (Å²) in [6, 6.07) is 10.5. The molecule has 0 amide bonds. The van der Waals surface area contributed by atoms with Gasteiger partial charge >= 0.3 is 0 Å². The highest BCUT2D eigenvalue weighted by Gasteiger charge is 2.12. The van der Waals surface area contributed by atoms with E-state index in [1.807, 2.05) is 6.07 Å². The fourth-order valence-electron chi connectivity index (χ4n) is 2.52. The lowest BCUT2D eigenvalue weighted by atomic mass is 10.1. The highest BCUT2D eigenvalue weighted by molar-refractivity contribution is 5.14. The second-order valence-electron chi connectivity index (χ2n) is 5.25. The van der Waals surface area contributed by atoms with E-state index in [0.717, 1.165) is 58.9 Å². The molecule has 0 saturated carbocycles. The third-order valence-corrected chi connectivity index (χ3v) is 3.81. The molecular weight excluding hydrogens is 252 g/mol. The predicted molar refractivity (Wildman–Crippen MR) is 80.9 cm³/mol. The highest BCUT2D eigenvalue weighted by atomic mass is 16.5. The molecule has 1 aliphatic rings. The number of rotatable bonds is 8. The Balaban J connectivity index is 1.71. The van der Waals surface area contributed by atoms with Gasteiger partial charge in [0.2, 0.25) is 0 Å². The van der Waals surface area contributed by atoms with Gasteiger partial charge in [-0.15, -0.1) is 0 Å². The van der Waals surface area contributed by atoms with Crippen LogP contribution in [0.3, 0.4) is 0 Å². The van der Waals surface area contributed by atoms with Gasteiger partial charge in [-0.1, -0.05) is 30.3 Å². The molecular formula is C16H26N2O2. The van der Waals surface area contributed by atoms with E-state index in [2.05, 4.69) is 34.1 Å². The summed E-state index contributed by atoms with van der Waals surface area (Å²) >= 11 is 0. The van der Waals surface area contributed by atoms with Crippen molar-refractivity contribution in [2.75, 3.05) is 59.1 Å². The Bertz CT molecular complexity index is 353. The average molecular weight is 278 g/mol. The second-order valence-corrected chi connectivity index (χ2v) is 5.25. The fourth-order valence-corrected chi connectivity index (χ4v) is 2.52. The predicted octanol–water partition coefficient (Wildman–Crippen LogP) is 0.856. The molecule has 1 saturated heterocycles. The summed E-state index contributed by atoms with van der Waals surface area (Å²) in [6.45, 7) is 7.86. The van der Waals surface area contributed by atoms with Gasteiger partial charge in [0.1, 0.15) is 0 Å². The minimum absolute atomic E-state index is 0.234. The van der Waals surface area contributed by atoms with Crippen molar-refractivity contribution in [3.05, 3.63) is 35.9 Å². The van der Waals surface area contributed by atoms with Crippen molar-refractivity contribution in [2.24, 2.45) is 0 Å². The molecule has 0 atom stereocenters. The summed E-state index contributed by atoms with van der Waals surface area (Å²) in [7, 11) is 0. The SMILES string of the molecule is OCCN(CCc1ccccc1)CCN1CCOCC1. The van der Waals surface area contributed by atoms with E-state index in [-0.39, 0.29) is 6.61 Å². The van der Waals surface area contributed by atoms with Crippen LogP contribution in [0.1, 0.15) is 5.56 Å². The van der Waals surface area contributed by atoms with Crippen molar-refractivity contribution in [1.29, 1.82) is 0 Å². The maximum absolute atomic E-state index is 9.20. The average Bonchev–Trinajstić information content (AvgIpc) is 2.52. The molecule has 1 aromatic rings. The van der Waals surface area contributed by atoms with Crippen LogP contribution in [0.15, 0.2) is 30.3 Å². The summed E-state index contributed by atoms with van der Waals surface area (Å²) in [5.74, 6) is 0. The Labute approximate surface area is 122 Å². The van der Waals surface area contributed by atoms with Crippen LogP contribution >= 0.6 is 0 Å². The zero-order valence-corrected chi connectivity index (χ0v) is 12.2. The molecule has 4 nitrogen and oxygen atoms in total. The van der Waals surface area contributed by atoms with Crippen LogP contribution in [0.5, 0.6) is 0 Å². The molecule has 1 fully saturated rings. The van der Waals surface area contributed by atoms with Gasteiger partial charge in [0.25, 0.3) is 0 Å². The van der Waals surface area contributed by atoms with Crippen LogP contribution in [-0.2, 0) is 11.2 Å². The molecule has 0 bridgehead atoms. The van der Waals surface area contributed by atoms with Crippen molar-refractivity contribution >= 4 is 0 Å². The smallest absolute Gasteiger partial charge is 0.0594 e. The monoisotopic (exact) mass is 278 g/mol. The van der Waals surface area contributed by atoms with Gasteiger partial charge in [0, 0.05) is 39.3 Å². The van der Waals surface area contributed by atoms with Gasteiger partial charge in [0.15, 0.2) is 0 Å². The van der Waals surface area contributed by atoms with E-state index in [0.29, 0.717) is 0 Å². The molecule has 0 spiro atoms. The molecule has 0 aromatic heterocycles. The number of benzene rings is 1. The van der Waals surface area contributed by atoms with Gasteiger partial charge in [-0.2, -0.15) is 0 Å². The van der Waals surface area contributed by atoms with Crippen molar-refractivity contribution in [3.63, 3.8) is 0 Å². The summed E-state index contributed by atoms with van der Waals surface area (Å²) in [6.07, 6.45) is 1.05. The second kappa shape index (κ2) is 9.08. The van der Waals surface area contributed by atoms with Crippen LogP contribution in [0.25, 0.3) is 0 Å². The molecule has 112 valence electrons. The summed E-state index contributed by atoms with van der Waals surface area (Å²) < 4.78 is 5.36. The summed E-state index contributed by atoms with van der Waals surface area (Å²) in [5.41, 5.74) is 1.36. The van der Waals surface area contributed by atoms with Crippen LogP contribution in [0, 0.1) is 0 Å². The van der Waals surface area contributed by atoms with Crippen LogP contribution in [0.2, 0.25) is 0 Å². The number of aliphatic hydroxyl groups excluding tert-OH is 1. The Morgan fingerprint density at radius 2 is 1.80 bits per heavy atom. The molecule has 0 unspecified atom stereocenters. The number of ether oxygens (including phenoxy) is 1. The molecule has 1 aromatic carbocycles. The Hall–Kier alpha value is -0.940. The van der Waals surface area contributed by atoms with Crippen molar-refractivity contribution < 1.29 is 9.84 Å². The standard InChI is InChI=1S/C16H26N2O2/c19-13-10-17(7-6-16-4-2-1-3-5-16)8-9-18-11-14-20-15-12-18/h1-5,19H,6-15H2. The molecule has 4 heteroatoms. The lowest BCUT2D eigenvalue weighted by Gasteiger charge is -2.29. The third kappa shape index (κ3) is 5.59. The third-order valence-electron chi connectivity index (χ3n) is 3.81. The lowest BCUT2D eigenvalue weighted by Crippen LogP contribution is -2.42. The van der Waals surface area contributed by atoms with Crippen LogP contribution in [-0.4, -0.2) is 74.0 Å². The number of aliphatic hydroxyl groups is 1. The van der Waals surface area contributed by atoms with Gasteiger partial charge in [-0.05, 0) is 12.0 Å². The maximum Gasteiger partial charge on any atom is 0.0594 e. The summed E-state index contributed by atoms with van der Waals surface area (Å²) in [4.78, 5) is 4.79. The Morgan fingerprint density at radius 3 is 2.50 bits per heavy atom. The van der Waals surface area contributed by atoms with E-state index in [1.165, 1.54) is 5.56 Å². The zero-order valence-electron chi connectivity index (χ0n) is 12.2. The van der Waals surface area contributed by atoms with Crippen molar-refractivity contribution in [2.45, 2.75) is 6.42 Å². The molecule has 2 rings (SSSR count). The molecule has 0 aliphatic carbocycles. The highest BCUT2D eigenvalue weighted by Crippen LogP contribution is 2.02. The van der Waals surface area contributed by atoms with Crippen LogP contribution in [0.4, 0.5) is 0 Å². The minimum Gasteiger partial charge on any atom is -0.395 e. The zero-order chi connectivity index (χ0) is 14.0. The first kappa shape index (κ1) is 15.4. The first-order chi connectivity index (χ1) is 9.88. The molecule has 1 aliphatic heterocycles. The normalized spacial score (nSPS) is 16.7. The van der Waals surface area contributed by atoms with E-state index in [1.54, 1.807) is 0 Å². The summed E-state index contributed by atoms with van der Waals surface area (Å²) in [5, 5.41) is 9.20. The first-order valence-corrected chi connectivity index (χ1v) is 7.56.